The van der Waals surface area contributed by atoms with E-state index in [0.29, 0.717) is 30.7 Å². The first-order valence-corrected chi connectivity index (χ1v) is 14.6. The van der Waals surface area contributed by atoms with Crippen LogP contribution in [0.15, 0.2) is 24.3 Å². The monoisotopic (exact) mass is 551 g/mol. The zero-order valence-electron chi connectivity index (χ0n) is 23.9. The van der Waals surface area contributed by atoms with Crippen LogP contribution in [0.1, 0.15) is 77.5 Å². The Labute approximate surface area is 231 Å². The highest BCUT2D eigenvalue weighted by Crippen LogP contribution is 2.24. The predicted octanol–water partition coefficient (Wildman–Crippen LogP) is 4.38. The average molecular weight is 552 g/mol. The number of hydrogen-bond acceptors (Lipinski definition) is 7. The van der Waals surface area contributed by atoms with Gasteiger partial charge in [-0.3, -0.25) is 14.4 Å². The summed E-state index contributed by atoms with van der Waals surface area (Å²) in [6.45, 7) is 11.6. The van der Waals surface area contributed by atoms with Gasteiger partial charge in [0.05, 0.1) is 13.0 Å². The van der Waals surface area contributed by atoms with Gasteiger partial charge in [-0.2, -0.15) is 11.8 Å². The van der Waals surface area contributed by atoms with Crippen LogP contribution < -0.4 is 10.6 Å². The summed E-state index contributed by atoms with van der Waals surface area (Å²) < 4.78 is 10.4. The van der Waals surface area contributed by atoms with Crippen LogP contribution in [0.5, 0.6) is 0 Å². The average Bonchev–Trinajstić information content (AvgIpc) is 2.83. The van der Waals surface area contributed by atoms with Crippen LogP contribution in [-0.4, -0.2) is 72.1 Å². The lowest BCUT2D eigenvalue weighted by atomic mass is 10.0. The Morgan fingerprint density at radius 3 is 2.29 bits per heavy atom. The normalized spacial score (nSPS) is 12.7. The van der Waals surface area contributed by atoms with Crippen LogP contribution in [0.4, 0.5) is 4.79 Å². The van der Waals surface area contributed by atoms with Gasteiger partial charge in [-0.25, -0.2) is 4.79 Å². The summed E-state index contributed by atoms with van der Waals surface area (Å²) in [6.07, 6.45) is 3.14. The number of ether oxygens (including phenoxy) is 2. The van der Waals surface area contributed by atoms with Crippen LogP contribution in [0.2, 0.25) is 0 Å². The number of nitrogens with zero attached hydrogens (tertiary/aromatic N) is 1. The Hall–Kier alpha value is -2.75. The molecule has 0 aliphatic heterocycles. The summed E-state index contributed by atoms with van der Waals surface area (Å²) in [7, 11) is 0. The van der Waals surface area contributed by atoms with E-state index in [1.165, 1.54) is 4.90 Å². The third-order valence-electron chi connectivity index (χ3n) is 5.52. The standard InChI is InChI=1S/C28H45N3O6S/c1-8-10-18-31(26(34)22(16-19-38-7)30-27(35)37-28(4,5)6)24(21-13-11-20(3)12-14-21)25(33)29-17-15-23(32)36-9-2/h11-14,22,24H,8-10,15-19H2,1-7H3,(H,29,33)(H,30,35). The summed E-state index contributed by atoms with van der Waals surface area (Å²) in [5, 5.41) is 5.53. The van der Waals surface area contributed by atoms with Crippen molar-refractivity contribution in [2.24, 2.45) is 0 Å². The number of thioether (sulfide) groups is 1. The molecule has 0 radical (unpaired) electrons. The molecule has 0 fully saturated rings. The van der Waals surface area contributed by atoms with Crippen molar-refractivity contribution >= 4 is 35.6 Å². The van der Waals surface area contributed by atoms with E-state index in [1.807, 2.05) is 44.4 Å². The fourth-order valence-corrected chi connectivity index (χ4v) is 4.15. The zero-order valence-corrected chi connectivity index (χ0v) is 24.7. The minimum atomic E-state index is -0.936. The maximum absolute atomic E-state index is 14.0. The summed E-state index contributed by atoms with van der Waals surface area (Å²) in [6, 6.07) is 5.63. The molecule has 0 heterocycles. The van der Waals surface area contributed by atoms with Gasteiger partial charge < -0.3 is 25.0 Å². The second kappa shape index (κ2) is 17.0. The number of esters is 1. The van der Waals surface area contributed by atoms with Gasteiger partial charge in [0.1, 0.15) is 17.7 Å². The molecule has 9 nitrogen and oxygen atoms in total. The predicted molar refractivity (Wildman–Crippen MR) is 151 cm³/mol. The number of rotatable bonds is 15. The topological polar surface area (TPSA) is 114 Å². The Morgan fingerprint density at radius 1 is 1.08 bits per heavy atom. The lowest BCUT2D eigenvalue weighted by Crippen LogP contribution is -2.53. The Kier molecular flexibility index (Phi) is 14.9. The van der Waals surface area contributed by atoms with Crippen molar-refractivity contribution in [1.29, 1.82) is 0 Å². The molecule has 0 aliphatic carbocycles. The number of carbonyl (C=O) groups is 4. The van der Waals surface area contributed by atoms with Crippen molar-refractivity contribution in [3.63, 3.8) is 0 Å². The van der Waals surface area contributed by atoms with E-state index in [2.05, 4.69) is 10.6 Å². The number of aryl methyl sites for hydroxylation is 1. The first-order chi connectivity index (χ1) is 17.9. The summed E-state index contributed by atoms with van der Waals surface area (Å²) >= 11 is 1.56. The van der Waals surface area contributed by atoms with Crippen LogP contribution in [-0.2, 0) is 23.9 Å². The number of unbranched alkanes of at least 4 members (excludes halogenated alkanes) is 1. The number of alkyl carbamates (subject to hydrolysis) is 1. The van der Waals surface area contributed by atoms with Crippen LogP contribution in [0.3, 0.4) is 0 Å². The minimum Gasteiger partial charge on any atom is -0.466 e. The molecular formula is C28H45N3O6S. The van der Waals surface area contributed by atoms with Gasteiger partial charge in [0.15, 0.2) is 0 Å². The van der Waals surface area contributed by atoms with E-state index in [-0.39, 0.29) is 25.5 Å². The van der Waals surface area contributed by atoms with E-state index < -0.39 is 35.7 Å². The molecule has 1 aromatic carbocycles. The largest absolute Gasteiger partial charge is 0.466 e. The van der Waals surface area contributed by atoms with Gasteiger partial charge in [0, 0.05) is 13.1 Å². The molecular weight excluding hydrogens is 506 g/mol. The Balaban J connectivity index is 3.34. The van der Waals surface area contributed by atoms with Crippen molar-refractivity contribution in [1.82, 2.24) is 15.5 Å². The maximum atomic E-state index is 14.0. The van der Waals surface area contributed by atoms with Crippen molar-refractivity contribution in [2.45, 2.75) is 84.9 Å². The molecule has 3 amide bonds. The van der Waals surface area contributed by atoms with Crippen LogP contribution in [0, 0.1) is 6.92 Å². The van der Waals surface area contributed by atoms with E-state index in [4.69, 9.17) is 9.47 Å². The molecule has 0 aromatic heterocycles. The molecule has 1 rings (SSSR count). The van der Waals surface area contributed by atoms with Crippen molar-refractivity contribution in [2.75, 3.05) is 31.7 Å². The SMILES string of the molecule is CCCCN(C(=O)C(CCSC)NC(=O)OC(C)(C)C)C(C(=O)NCCC(=O)OCC)c1ccc(C)cc1. The van der Waals surface area contributed by atoms with E-state index in [1.54, 1.807) is 39.5 Å². The molecule has 2 atom stereocenters. The lowest BCUT2D eigenvalue weighted by molar-refractivity contribution is -0.144. The highest BCUT2D eigenvalue weighted by molar-refractivity contribution is 7.98. The van der Waals surface area contributed by atoms with Crippen molar-refractivity contribution < 1.29 is 28.7 Å². The number of carbonyl (C=O) groups excluding carboxylic acids is 4. The highest BCUT2D eigenvalue weighted by atomic mass is 32.2. The van der Waals surface area contributed by atoms with Gasteiger partial charge >= 0.3 is 12.1 Å². The van der Waals surface area contributed by atoms with Crippen LogP contribution >= 0.6 is 11.8 Å². The van der Waals surface area contributed by atoms with E-state index in [0.717, 1.165) is 12.0 Å². The summed E-state index contributed by atoms with van der Waals surface area (Å²) in [5.74, 6) is -0.528. The van der Waals surface area contributed by atoms with Gasteiger partial charge in [-0.05, 0) is 65.0 Å². The highest BCUT2D eigenvalue weighted by Gasteiger charge is 2.35. The third-order valence-corrected chi connectivity index (χ3v) is 6.17. The van der Waals surface area contributed by atoms with Crippen LogP contribution in [0.25, 0.3) is 0 Å². The second-order valence-corrected chi connectivity index (χ2v) is 11.0. The first-order valence-electron chi connectivity index (χ1n) is 13.2. The second-order valence-electron chi connectivity index (χ2n) is 10.0. The third kappa shape index (κ3) is 12.2. The fraction of sp³-hybridized carbons (Fsp3) is 0.643. The Bertz CT molecular complexity index is 901. The molecule has 0 saturated carbocycles. The number of hydrogen-bond donors (Lipinski definition) is 2. The van der Waals surface area contributed by atoms with Gasteiger partial charge in [0.2, 0.25) is 11.8 Å². The van der Waals surface area contributed by atoms with Crippen molar-refractivity contribution in [3.8, 4) is 0 Å². The molecule has 0 bridgehead atoms. The minimum absolute atomic E-state index is 0.0274. The molecule has 214 valence electrons. The molecule has 1 aromatic rings. The molecule has 0 aliphatic rings. The Morgan fingerprint density at radius 2 is 1.74 bits per heavy atom. The van der Waals surface area contributed by atoms with E-state index in [9.17, 15) is 19.2 Å². The maximum Gasteiger partial charge on any atom is 0.408 e. The number of nitrogens with one attached hydrogen (secondary N) is 2. The number of benzene rings is 1. The summed E-state index contributed by atoms with van der Waals surface area (Å²) in [4.78, 5) is 53.5. The van der Waals surface area contributed by atoms with Crippen molar-refractivity contribution in [3.05, 3.63) is 35.4 Å². The van der Waals surface area contributed by atoms with Gasteiger partial charge in [-0.1, -0.05) is 43.2 Å². The molecule has 0 saturated heterocycles. The summed E-state index contributed by atoms with van der Waals surface area (Å²) in [5.41, 5.74) is 0.947. The molecule has 2 N–H and O–H groups in total. The molecule has 10 heteroatoms. The lowest BCUT2D eigenvalue weighted by Gasteiger charge is -2.34. The van der Waals surface area contributed by atoms with Gasteiger partial charge in [-0.15, -0.1) is 0 Å². The fourth-order valence-electron chi connectivity index (χ4n) is 3.68. The molecule has 38 heavy (non-hydrogen) atoms. The van der Waals surface area contributed by atoms with E-state index >= 15 is 0 Å². The number of amides is 3. The zero-order chi connectivity index (χ0) is 28.7. The first kappa shape index (κ1) is 33.3. The molecule has 2 unspecified atom stereocenters. The van der Waals surface area contributed by atoms with Gasteiger partial charge in [0.25, 0.3) is 0 Å². The quantitative estimate of drug-likeness (QED) is 0.311. The smallest absolute Gasteiger partial charge is 0.408 e. The molecule has 0 spiro atoms.